The average Bonchev–Trinajstić information content (AvgIpc) is 2.93. The average molecular weight is 395 g/mol. The first kappa shape index (κ1) is 19.9. The fourth-order valence-electron chi connectivity index (χ4n) is 3.74. The van der Waals surface area contributed by atoms with E-state index in [4.69, 9.17) is 10.5 Å². The summed E-state index contributed by atoms with van der Waals surface area (Å²) in [5, 5.41) is 9.61. The number of hydrogen-bond acceptors (Lipinski definition) is 7. The molecule has 3 aliphatic rings. The molecule has 3 atom stereocenters. The highest BCUT2D eigenvalue weighted by Gasteiger charge is 2.57. The Morgan fingerprint density at radius 2 is 2.11 bits per heavy atom. The number of thioether (sulfide) groups is 1. The number of primary amides is 1. The van der Waals surface area contributed by atoms with Gasteiger partial charge in [0.2, 0.25) is 11.8 Å². The van der Waals surface area contributed by atoms with Crippen LogP contribution in [0.2, 0.25) is 0 Å². The molecule has 0 spiro atoms. The van der Waals surface area contributed by atoms with Gasteiger partial charge in [-0.15, -0.1) is 11.8 Å². The van der Waals surface area contributed by atoms with Crippen LogP contribution in [0, 0.1) is 11.8 Å². The van der Waals surface area contributed by atoms with Crippen LogP contribution >= 0.6 is 11.8 Å². The third kappa shape index (κ3) is 3.76. The maximum Gasteiger partial charge on any atom is 0.356 e. The van der Waals surface area contributed by atoms with Gasteiger partial charge in [0.15, 0.2) is 0 Å². The standard InChI is InChI=1S/C18H25N3O5S/c1-3-8-26-18(25)14-12(9-20-6-4-11(5-7-20)15(19)23)27-17-13(10(2)22)16(24)21(14)17/h3,10-11,13,17,22H,1,4-9H2,2H3,(H2,19,23)/t10-,13+,17-/m1/s1. The third-order valence-corrected chi connectivity index (χ3v) is 6.61. The van der Waals surface area contributed by atoms with Gasteiger partial charge in [0.1, 0.15) is 17.7 Å². The molecule has 2 fully saturated rings. The Hall–Kier alpha value is -1.84. The fraction of sp³-hybridized carbons (Fsp3) is 0.611. The molecule has 3 aliphatic heterocycles. The van der Waals surface area contributed by atoms with Crippen LogP contribution in [0.25, 0.3) is 0 Å². The number of carbonyl (C=O) groups excluding carboxylic acids is 3. The molecule has 0 aromatic rings. The summed E-state index contributed by atoms with van der Waals surface area (Å²) in [5.74, 6) is -1.70. The summed E-state index contributed by atoms with van der Waals surface area (Å²) in [5.41, 5.74) is 5.65. The molecule has 0 aromatic carbocycles. The van der Waals surface area contributed by atoms with Gasteiger partial charge in [-0.3, -0.25) is 19.4 Å². The van der Waals surface area contributed by atoms with Crippen molar-refractivity contribution >= 4 is 29.5 Å². The molecule has 8 nitrogen and oxygen atoms in total. The van der Waals surface area contributed by atoms with E-state index in [0.29, 0.717) is 32.5 Å². The minimum Gasteiger partial charge on any atom is -0.457 e. The Morgan fingerprint density at radius 1 is 1.44 bits per heavy atom. The van der Waals surface area contributed by atoms with E-state index in [2.05, 4.69) is 11.5 Å². The van der Waals surface area contributed by atoms with Crippen molar-refractivity contribution in [3.63, 3.8) is 0 Å². The molecule has 3 rings (SSSR count). The van der Waals surface area contributed by atoms with Crippen molar-refractivity contribution in [1.29, 1.82) is 0 Å². The van der Waals surface area contributed by atoms with Gasteiger partial charge in [0.25, 0.3) is 0 Å². The van der Waals surface area contributed by atoms with E-state index < -0.39 is 18.0 Å². The predicted octanol–water partition coefficient (Wildman–Crippen LogP) is 0.0366. The van der Waals surface area contributed by atoms with Crippen molar-refractivity contribution in [2.24, 2.45) is 17.6 Å². The second-order valence-corrected chi connectivity index (χ2v) is 8.31. The first-order chi connectivity index (χ1) is 12.8. The van der Waals surface area contributed by atoms with Crippen LogP contribution in [0.1, 0.15) is 19.8 Å². The minimum absolute atomic E-state index is 0.0663. The van der Waals surface area contributed by atoms with Crippen molar-refractivity contribution in [3.8, 4) is 0 Å². The van der Waals surface area contributed by atoms with Gasteiger partial charge in [-0.05, 0) is 32.9 Å². The van der Waals surface area contributed by atoms with E-state index in [1.807, 2.05) is 0 Å². The van der Waals surface area contributed by atoms with Crippen molar-refractivity contribution in [2.45, 2.75) is 31.2 Å². The minimum atomic E-state index is -0.776. The molecule has 0 bridgehead atoms. The number of nitrogens with zero attached hydrogens (tertiary/aromatic N) is 2. The number of β-lactam (4-membered cyclic amide) rings is 1. The number of carbonyl (C=O) groups is 3. The topological polar surface area (TPSA) is 113 Å². The van der Waals surface area contributed by atoms with Crippen LogP contribution in [0.4, 0.5) is 0 Å². The number of ether oxygens (including phenoxy) is 1. The smallest absolute Gasteiger partial charge is 0.356 e. The number of piperidine rings is 1. The predicted molar refractivity (Wildman–Crippen MR) is 99.9 cm³/mol. The lowest BCUT2D eigenvalue weighted by molar-refractivity contribution is -0.158. The second-order valence-electron chi connectivity index (χ2n) is 7.09. The zero-order valence-corrected chi connectivity index (χ0v) is 16.1. The van der Waals surface area contributed by atoms with Gasteiger partial charge >= 0.3 is 5.97 Å². The number of fused-ring (bicyclic) bond motifs is 1. The summed E-state index contributed by atoms with van der Waals surface area (Å²) in [6.45, 7) is 7.09. The zero-order chi connectivity index (χ0) is 19.7. The van der Waals surface area contributed by atoms with E-state index in [1.165, 1.54) is 22.7 Å². The van der Waals surface area contributed by atoms with Crippen LogP contribution in [0.5, 0.6) is 0 Å². The Morgan fingerprint density at radius 3 is 2.67 bits per heavy atom. The highest BCUT2D eigenvalue weighted by Crippen LogP contribution is 2.50. The molecule has 0 saturated carbocycles. The number of aliphatic hydroxyl groups excluding tert-OH is 1. The molecule has 2 amide bonds. The van der Waals surface area contributed by atoms with Crippen molar-refractivity contribution in [2.75, 3.05) is 26.2 Å². The van der Waals surface area contributed by atoms with Crippen LogP contribution < -0.4 is 5.73 Å². The van der Waals surface area contributed by atoms with Crippen LogP contribution in [-0.2, 0) is 19.1 Å². The van der Waals surface area contributed by atoms with Crippen LogP contribution in [-0.4, -0.2) is 70.4 Å². The molecule has 0 aromatic heterocycles. The zero-order valence-electron chi connectivity index (χ0n) is 15.3. The molecular formula is C18H25N3O5S. The molecule has 3 heterocycles. The maximum atomic E-state index is 12.5. The monoisotopic (exact) mass is 395 g/mol. The van der Waals surface area contributed by atoms with Crippen LogP contribution in [0.15, 0.2) is 23.3 Å². The highest BCUT2D eigenvalue weighted by atomic mass is 32.2. The SMILES string of the molecule is C=CCOC(=O)C1=C(CN2CCC(C(N)=O)CC2)S[C@@H]2[C@@H]([C@@H](C)O)C(=O)N12. The summed E-state index contributed by atoms with van der Waals surface area (Å²) in [6.07, 6.45) is 2.07. The first-order valence-corrected chi connectivity index (χ1v) is 9.93. The van der Waals surface area contributed by atoms with Crippen molar-refractivity contribution < 1.29 is 24.2 Å². The molecule has 3 N–H and O–H groups in total. The number of amides is 2. The maximum absolute atomic E-state index is 12.5. The van der Waals surface area contributed by atoms with Crippen molar-refractivity contribution in [1.82, 2.24) is 9.80 Å². The summed E-state index contributed by atoms with van der Waals surface area (Å²) < 4.78 is 5.18. The summed E-state index contributed by atoms with van der Waals surface area (Å²) in [4.78, 5) is 40.7. The largest absolute Gasteiger partial charge is 0.457 e. The Bertz CT molecular complexity index is 684. The Balaban J connectivity index is 1.75. The van der Waals surface area contributed by atoms with Gasteiger partial charge in [0, 0.05) is 17.4 Å². The number of hydrogen-bond donors (Lipinski definition) is 2. The van der Waals surface area contributed by atoms with Gasteiger partial charge in [-0.1, -0.05) is 12.7 Å². The molecule has 0 aliphatic carbocycles. The highest BCUT2D eigenvalue weighted by molar-refractivity contribution is 8.04. The molecule has 0 radical (unpaired) electrons. The molecule has 148 valence electrons. The first-order valence-electron chi connectivity index (χ1n) is 9.05. The van der Waals surface area contributed by atoms with Gasteiger partial charge in [-0.25, -0.2) is 4.79 Å². The molecular weight excluding hydrogens is 370 g/mol. The second kappa shape index (κ2) is 8.04. The quantitative estimate of drug-likeness (QED) is 0.355. The summed E-state index contributed by atoms with van der Waals surface area (Å²) in [7, 11) is 0. The van der Waals surface area contributed by atoms with E-state index in [1.54, 1.807) is 6.92 Å². The third-order valence-electron chi connectivity index (χ3n) is 5.25. The normalized spacial score (nSPS) is 27.2. The van der Waals surface area contributed by atoms with E-state index in [0.717, 1.165) is 4.91 Å². The van der Waals surface area contributed by atoms with Crippen LogP contribution in [0.3, 0.4) is 0 Å². The Kier molecular flexibility index (Phi) is 5.92. The van der Waals surface area contributed by atoms with E-state index >= 15 is 0 Å². The molecule has 27 heavy (non-hydrogen) atoms. The number of rotatable bonds is 7. The lowest BCUT2D eigenvalue weighted by atomic mass is 9.92. The number of esters is 1. The van der Waals surface area contributed by atoms with Gasteiger partial charge < -0.3 is 15.6 Å². The van der Waals surface area contributed by atoms with Gasteiger partial charge in [0.05, 0.1) is 12.0 Å². The van der Waals surface area contributed by atoms with E-state index in [-0.39, 0.29) is 35.4 Å². The number of aliphatic hydroxyl groups is 1. The van der Waals surface area contributed by atoms with Gasteiger partial charge in [-0.2, -0.15) is 0 Å². The summed E-state index contributed by atoms with van der Waals surface area (Å²) >= 11 is 1.44. The van der Waals surface area contributed by atoms with Crippen molar-refractivity contribution in [3.05, 3.63) is 23.3 Å². The Labute approximate surface area is 162 Å². The summed E-state index contributed by atoms with van der Waals surface area (Å²) in [6, 6.07) is 0. The molecule has 9 heteroatoms. The molecule has 0 unspecified atom stereocenters. The number of likely N-dealkylation sites (tertiary alicyclic amines) is 1. The fourth-order valence-corrected chi connectivity index (χ4v) is 5.38. The lowest BCUT2D eigenvalue weighted by Crippen LogP contribution is -2.60. The lowest BCUT2D eigenvalue weighted by Gasteiger charge is -2.43. The number of nitrogens with two attached hydrogens (primary N) is 1. The van der Waals surface area contributed by atoms with E-state index in [9.17, 15) is 19.5 Å². The molecule has 2 saturated heterocycles.